The predicted molar refractivity (Wildman–Crippen MR) is 116 cm³/mol. The SMILES string of the molecule is CCCN(Cc1nnnn1-c1ccc(S(C)(=O)=O)cc1)C(C)c1ccccc1Br. The Balaban J connectivity index is 1.87. The number of aromatic nitrogens is 4. The van der Waals surface area contributed by atoms with Crippen LogP contribution in [-0.2, 0) is 16.4 Å². The minimum Gasteiger partial charge on any atom is -0.289 e. The van der Waals surface area contributed by atoms with Crippen molar-refractivity contribution in [3.63, 3.8) is 0 Å². The second-order valence-corrected chi connectivity index (χ2v) is 9.81. The summed E-state index contributed by atoms with van der Waals surface area (Å²) in [6, 6.07) is 15.0. The van der Waals surface area contributed by atoms with Gasteiger partial charge in [0.1, 0.15) is 0 Å². The fourth-order valence-electron chi connectivity index (χ4n) is 3.23. The van der Waals surface area contributed by atoms with Crippen molar-refractivity contribution in [2.75, 3.05) is 12.8 Å². The number of halogens is 1. The Morgan fingerprint density at radius 1 is 1.14 bits per heavy atom. The van der Waals surface area contributed by atoms with E-state index in [9.17, 15) is 8.42 Å². The monoisotopic (exact) mass is 477 g/mol. The summed E-state index contributed by atoms with van der Waals surface area (Å²) in [6.45, 7) is 5.77. The average Bonchev–Trinajstić information content (AvgIpc) is 3.15. The summed E-state index contributed by atoms with van der Waals surface area (Å²) in [5.74, 6) is 0.699. The number of sulfone groups is 1. The number of rotatable bonds is 8. The molecule has 7 nitrogen and oxygen atoms in total. The van der Waals surface area contributed by atoms with Gasteiger partial charge in [0.25, 0.3) is 0 Å². The third-order valence-electron chi connectivity index (χ3n) is 4.80. The van der Waals surface area contributed by atoms with E-state index < -0.39 is 9.84 Å². The Morgan fingerprint density at radius 3 is 2.45 bits per heavy atom. The van der Waals surface area contributed by atoms with E-state index in [2.05, 4.69) is 56.3 Å². The van der Waals surface area contributed by atoms with Crippen LogP contribution >= 0.6 is 15.9 Å². The van der Waals surface area contributed by atoms with E-state index >= 15 is 0 Å². The minimum atomic E-state index is -3.24. The van der Waals surface area contributed by atoms with Crippen molar-refractivity contribution in [3.8, 4) is 5.69 Å². The molecule has 154 valence electrons. The van der Waals surface area contributed by atoms with E-state index in [0.717, 1.165) is 23.1 Å². The molecule has 1 atom stereocenters. The van der Waals surface area contributed by atoms with Gasteiger partial charge in [0.2, 0.25) is 0 Å². The first-order chi connectivity index (χ1) is 13.8. The van der Waals surface area contributed by atoms with Crippen LogP contribution < -0.4 is 0 Å². The highest BCUT2D eigenvalue weighted by Gasteiger charge is 2.21. The van der Waals surface area contributed by atoms with Crippen LogP contribution in [-0.4, -0.2) is 46.3 Å². The Hall–Kier alpha value is -2.10. The molecule has 0 aliphatic heterocycles. The van der Waals surface area contributed by atoms with Gasteiger partial charge in [-0.15, -0.1) is 5.10 Å². The highest BCUT2D eigenvalue weighted by atomic mass is 79.9. The standard InChI is InChI=1S/C20H24BrN5O2S/c1-4-13-25(15(2)18-7-5-6-8-19(18)21)14-20-22-23-24-26(20)16-9-11-17(12-10-16)29(3,27)28/h5-12,15H,4,13-14H2,1-3H3. The number of benzene rings is 2. The maximum Gasteiger partial charge on any atom is 0.175 e. The van der Waals surface area contributed by atoms with Crippen molar-refractivity contribution < 1.29 is 8.42 Å². The van der Waals surface area contributed by atoms with Crippen LogP contribution in [0.25, 0.3) is 5.69 Å². The fraction of sp³-hybridized carbons (Fsp3) is 0.350. The van der Waals surface area contributed by atoms with Gasteiger partial charge in [0, 0.05) is 16.8 Å². The van der Waals surface area contributed by atoms with Gasteiger partial charge in [-0.2, -0.15) is 4.68 Å². The highest BCUT2D eigenvalue weighted by molar-refractivity contribution is 9.10. The van der Waals surface area contributed by atoms with Crippen LogP contribution in [0.1, 0.15) is 37.7 Å². The first-order valence-electron chi connectivity index (χ1n) is 9.37. The lowest BCUT2D eigenvalue weighted by molar-refractivity contribution is 0.194. The molecule has 3 aromatic rings. The maximum absolute atomic E-state index is 11.7. The fourth-order valence-corrected chi connectivity index (χ4v) is 4.48. The topological polar surface area (TPSA) is 81.0 Å². The summed E-state index contributed by atoms with van der Waals surface area (Å²) in [6.07, 6.45) is 2.19. The number of hydrogen-bond acceptors (Lipinski definition) is 6. The molecular formula is C20H24BrN5O2S. The number of hydrogen-bond donors (Lipinski definition) is 0. The molecule has 2 aromatic carbocycles. The summed E-state index contributed by atoms with van der Waals surface area (Å²) in [4.78, 5) is 2.60. The molecule has 29 heavy (non-hydrogen) atoms. The van der Waals surface area contributed by atoms with Crippen molar-refractivity contribution in [2.45, 2.75) is 37.8 Å². The normalized spacial score (nSPS) is 13.0. The van der Waals surface area contributed by atoms with Crippen molar-refractivity contribution in [2.24, 2.45) is 0 Å². The molecule has 0 spiro atoms. The summed E-state index contributed by atoms with van der Waals surface area (Å²) in [5.41, 5.74) is 1.93. The van der Waals surface area contributed by atoms with E-state index in [1.54, 1.807) is 28.9 Å². The predicted octanol–water partition coefficient (Wildman–Crippen LogP) is 3.80. The van der Waals surface area contributed by atoms with Gasteiger partial charge in [-0.3, -0.25) is 4.90 Å². The van der Waals surface area contributed by atoms with Gasteiger partial charge < -0.3 is 0 Å². The molecule has 0 saturated heterocycles. The van der Waals surface area contributed by atoms with Gasteiger partial charge in [-0.05, 0) is 66.2 Å². The second-order valence-electron chi connectivity index (χ2n) is 6.94. The molecule has 0 N–H and O–H groups in total. The first-order valence-corrected chi connectivity index (χ1v) is 12.1. The van der Waals surface area contributed by atoms with Crippen LogP contribution in [0.2, 0.25) is 0 Å². The summed E-state index contributed by atoms with van der Waals surface area (Å²) < 4.78 is 26.1. The molecule has 1 heterocycles. The number of nitrogens with zero attached hydrogens (tertiary/aromatic N) is 5. The van der Waals surface area contributed by atoms with Crippen molar-refractivity contribution >= 4 is 25.8 Å². The van der Waals surface area contributed by atoms with Crippen LogP contribution in [0.15, 0.2) is 57.9 Å². The summed E-state index contributed by atoms with van der Waals surface area (Å²) in [5, 5.41) is 12.2. The van der Waals surface area contributed by atoms with Crippen LogP contribution in [0, 0.1) is 0 Å². The quantitative estimate of drug-likeness (QED) is 0.490. The van der Waals surface area contributed by atoms with E-state index in [0.29, 0.717) is 12.4 Å². The lowest BCUT2D eigenvalue weighted by Gasteiger charge is -2.29. The van der Waals surface area contributed by atoms with Crippen molar-refractivity contribution in [1.29, 1.82) is 0 Å². The molecular weight excluding hydrogens is 454 g/mol. The van der Waals surface area contributed by atoms with Gasteiger partial charge in [-0.1, -0.05) is 41.1 Å². The lowest BCUT2D eigenvalue weighted by atomic mass is 10.1. The molecule has 3 rings (SSSR count). The van der Waals surface area contributed by atoms with Gasteiger partial charge in [0.05, 0.1) is 17.1 Å². The molecule has 1 unspecified atom stereocenters. The zero-order chi connectivity index (χ0) is 21.0. The summed E-state index contributed by atoms with van der Waals surface area (Å²) >= 11 is 3.65. The van der Waals surface area contributed by atoms with Gasteiger partial charge in [-0.25, -0.2) is 8.42 Å². The Kier molecular flexibility index (Phi) is 6.81. The first kappa shape index (κ1) is 21.6. The smallest absolute Gasteiger partial charge is 0.175 e. The molecule has 0 radical (unpaired) electrons. The van der Waals surface area contributed by atoms with Crippen LogP contribution in [0.5, 0.6) is 0 Å². The Morgan fingerprint density at radius 2 is 1.83 bits per heavy atom. The van der Waals surface area contributed by atoms with Crippen molar-refractivity contribution in [1.82, 2.24) is 25.1 Å². The van der Waals surface area contributed by atoms with Crippen molar-refractivity contribution in [3.05, 3.63) is 64.4 Å². The zero-order valence-electron chi connectivity index (χ0n) is 16.7. The Bertz CT molecular complexity index is 1070. The third-order valence-corrected chi connectivity index (χ3v) is 6.65. The average molecular weight is 478 g/mol. The molecule has 0 aliphatic rings. The third kappa shape index (κ3) is 5.09. The molecule has 0 bridgehead atoms. The molecule has 0 saturated carbocycles. The van der Waals surface area contributed by atoms with E-state index in [1.165, 1.54) is 11.8 Å². The molecule has 0 aliphatic carbocycles. The van der Waals surface area contributed by atoms with E-state index in [1.807, 2.05) is 18.2 Å². The number of tetrazole rings is 1. The van der Waals surface area contributed by atoms with Gasteiger partial charge >= 0.3 is 0 Å². The molecule has 1 aromatic heterocycles. The second kappa shape index (κ2) is 9.15. The van der Waals surface area contributed by atoms with E-state index in [4.69, 9.17) is 0 Å². The molecule has 0 amide bonds. The maximum atomic E-state index is 11.7. The Labute approximate surface area is 179 Å². The van der Waals surface area contributed by atoms with Crippen LogP contribution in [0.4, 0.5) is 0 Å². The van der Waals surface area contributed by atoms with Crippen LogP contribution in [0.3, 0.4) is 0 Å². The van der Waals surface area contributed by atoms with Gasteiger partial charge in [0.15, 0.2) is 15.7 Å². The molecule has 0 fully saturated rings. The van der Waals surface area contributed by atoms with E-state index in [-0.39, 0.29) is 10.9 Å². The zero-order valence-corrected chi connectivity index (χ0v) is 19.1. The molecule has 9 heteroatoms. The summed E-state index contributed by atoms with van der Waals surface area (Å²) in [7, 11) is -3.24. The largest absolute Gasteiger partial charge is 0.289 e. The lowest BCUT2D eigenvalue weighted by Crippen LogP contribution is -2.29. The highest BCUT2D eigenvalue weighted by Crippen LogP contribution is 2.28. The minimum absolute atomic E-state index is 0.170.